The van der Waals surface area contributed by atoms with Gasteiger partial charge < -0.3 is 15.0 Å². The van der Waals surface area contributed by atoms with Crippen molar-refractivity contribution in [1.82, 2.24) is 10.2 Å². The molecule has 2 saturated heterocycles. The van der Waals surface area contributed by atoms with E-state index in [9.17, 15) is 0 Å². The minimum absolute atomic E-state index is 0.480. The maximum Gasteiger partial charge on any atom is 0.0710 e. The minimum Gasteiger partial charge on any atom is -0.380 e. The van der Waals surface area contributed by atoms with E-state index < -0.39 is 0 Å². The summed E-state index contributed by atoms with van der Waals surface area (Å²) in [5, 5.41) is 3.51. The quantitative estimate of drug-likeness (QED) is 0.755. The van der Waals surface area contributed by atoms with Crippen molar-refractivity contribution in [3.05, 3.63) is 0 Å². The van der Waals surface area contributed by atoms with Gasteiger partial charge in [0, 0.05) is 33.3 Å². The first-order valence-corrected chi connectivity index (χ1v) is 6.24. The predicted octanol–water partition coefficient (Wildman–Crippen LogP) is 1.10. The zero-order chi connectivity index (χ0) is 10.7. The average molecular weight is 212 g/mol. The minimum atomic E-state index is 0.480. The van der Waals surface area contributed by atoms with E-state index in [2.05, 4.69) is 17.1 Å². The van der Waals surface area contributed by atoms with Crippen LogP contribution in [0.1, 0.15) is 26.2 Å². The molecule has 2 unspecified atom stereocenters. The molecular weight excluding hydrogens is 188 g/mol. The highest BCUT2D eigenvalue weighted by Gasteiger charge is 2.35. The van der Waals surface area contributed by atoms with Crippen molar-refractivity contribution in [1.29, 1.82) is 0 Å². The third-order valence-electron chi connectivity index (χ3n) is 4.20. The molecule has 0 aromatic carbocycles. The van der Waals surface area contributed by atoms with E-state index >= 15 is 0 Å². The number of nitrogens with zero attached hydrogens (tertiary/aromatic N) is 1. The Bertz CT molecular complexity index is 202. The summed E-state index contributed by atoms with van der Waals surface area (Å²) in [6.07, 6.45) is 4.34. The van der Waals surface area contributed by atoms with Gasteiger partial charge in [-0.15, -0.1) is 0 Å². The van der Waals surface area contributed by atoms with E-state index in [1.807, 2.05) is 7.11 Å². The molecule has 2 atom stereocenters. The van der Waals surface area contributed by atoms with E-state index in [1.165, 1.54) is 45.4 Å². The van der Waals surface area contributed by atoms with Gasteiger partial charge in [0.2, 0.25) is 0 Å². The first kappa shape index (κ1) is 11.4. The lowest BCUT2D eigenvalue weighted by Gasteiger charge is -2.31. The summed E-state index contributed by atoms with van der Waals surface area (Å²) in [7, 11) is 1.83. The van der Waals surface area contributed by atoms with Gasteiger partial charge in [0.25, 0.3) is 0 Å². The molecule has 2 aliphatic rings. The molecule has 0 radical (unpaired) electrons. The molecule has 0 aromatic rings. The number of nitrogens with one attached hydrogen (secondary N) is 1. The van der Waals surface area contributed by atoms with Crippen LogP contribution in [-0.2, 0) is 4.74 Å². The average Bonchev–Trinajstić information content (AvgIpc) is 2.88. The lowest BCUT2D eigenvalue weighted by molar-refractivity contribution is 0.0985. The molecule has 88 valence electrons. The normalized spacial score (nSPS) is 37.6. The molecule has 3 nitrogen and oxygen atoms in total. The molecule has 3 heteroatoms. The highest BCUT2D eigenvalue weighted by atomic mass is 16.5. The van der Waals surface area contributed by atoms with E-state index in [0.717, 1.165) is 6.54 Å². The number of hydrogen-bond acceptors (Lipinski definition) is 3. The maximum absolute atomic E-state index is 5.42. The van der Waals surface area contributed by atoms with E-state index in [4.69, 9.17) is 4.74 Å². The monoisotopic (exact) mass is 212 g/mol. The molecule has 0 bridgehead atoms. The maximum atomic E-state index is 5.42. The summed E-state index contributed by atoms with van der Waals surface area (Å²) in [5.41, 5.74) is 0.544. The van der Waals surface area contributed by atoms with Crippen molar-refractivity contribution in [3.63, 3.8) is 0 Å². The zero-order valence-electron chi connectivity index (χ0n) is 10.1. The van der Waals surface area contributed by atoms with Crippen molar-refractivity contribution in [2.24, 2.45) is 5.41 Å². The Morgan fingerprint density at radius 2 is 2.40 bits per heavy atom. The van der Waals surface area contributed by atoms with Crippen LogP contribution in [0.15, 0.2) is 0 Å². The fraction of sp³-hybridized carbons (Fsp3) is 1.00. The Hall–Kier alpha value is -0.120. The van der Waals surface area contributed by atoms with Crippen molar-refractivity contribution in [3.8, 4) is 0 Å². The second-order valence-corrected chi connectivity index (χ2v) is 5.16. The van der Waals surface area contributed by atoms with Gasteiger partial charge in [0.05, 0.1) is 6.10 Å². The van der Waals surface area contributed by atoms with Gasteiger partial charge in [0.15, 0.2) is 0 Å². The first-order chi connectivity index (χ1) is 7.28. The summed E-state index contributed by atoms with van der Waals surface area (Å²) in [6, 6.07) is 0. The van der Waals surface area contributed by atoms with Crippen molar-refractivity contribution in [2.45, 2.75) is 32.3 Å². The molecule has 2 rings (SSSR count). The summed E-state index contributed by atoms with van der Waals surface area (Å²) in [4.78, 5) is 2.59. The zero-order valence-corrected chi connectivity index (χ0v) is 10.1. The third-order valence-corrected chi connectivity index (χ3v) is 4.20. The largest absolute Gasteiger partial charge is 0.380 e. The van der Waals surface area contributed by atoms with Crippen LogP contribution in [0.25, 0.3) is 0 Å². The number of ether oxygens (including phenoxy) is 1. The number of methoxy groups -OCH3 is 1. The molecular formula is C12H24N2O. The predicted molar refractivity (Wildman–Crippen MR) is 62.1 cm³/mol. The molecule has 0 aliphatic carbocycles. The standard InChI is InChI=1S/C12H24N2O/c1-3-12(5-6-13-9-12)10-14-7-4-11(8-14)15-2/h11,13H,3-10H2,1-2H3. The van der Waals surface area contributed by atoms with Gasteiger partial charge in [0.1, 0.15) is 0 Å². The fourth-order valence-electron chi connectivity index (χ4n) is 2.95. The second kappa shape index (κ2) is 4.81. The molecule has 0 amide bonds. The molecule has 2 aliphatic heterocycles. The Balaban J connectivity index is 1.85. The summed E-state index contributed by atoms with van der Waals surface area (Å²) in [6.45, 7) is 8.36. The molecule has 0 saturated carbocycles. The molecule has 0 spiro atoms. The van der Waals surface area contributed by atoms with E-state index in [0.29, 0.717) is 11.5 Å². The Kier molecular flexibility index (Phi) is 3.65. The molecule has 2 heterocycles. The van der Waals surface area contributed by atoms with Crippen molar-refractivity contribution in [2.75, 3.05) is 39.8 Å². The Morgan fingerprint density at radius 1 is 1.53 bits per heavy atom. The van der Waals surface area contributed by atoms with Gasteiger partial charge in [-0.2, -0.15) is 0 Å². The third kappa shape index (κ3) is 2.52. The molecule has 0 aromatic heterocycles. The van der Waals surface area contributed by atoms with Gasteiger partial charge in [-0.05, 0) is 31.2 Å². The highest BCUT2D eigenvalue weighted by Crippen LogP contribution is 2.31. The van der Waals surface area contributed by atoms with Crippen LogP contribution in [-0.4, -0.2) is 50.8 Å². The summed E-state index contributed by atoms with van der Waals surface area (Å²) < 4.78 is 5.42. The highest BCUT2D eigenvalue weighted by molar-refractivity contribution is 4.91. The van der Waals surface area contributed by atoms with Crippen LogP contribution < -0.4 is 5.32 Å². The van der Waals surface area contributed by atoms with Crippen molar-refractivity contribution >= 4 is 0 Å². The van der Waals surface area contributed by atoms with Gasteiger partial charge in [-0.1, -0.05) is 6.92 Å². The molecule has 2 fully saturated rings. The Labute approximate surface area is 93.2 Å². The van der Waals surface area contributed by atoms with Crippen LogP contribution in [0.3, 0.4) is 0 Å². The van der Waals surface area contributed by atoms with Crippen LogP contribution in [0.2, 0.25) is 0 Å². The van der Waals surface area contributed by atoms with Crippen molar-refractivity contribution < 1.29 is 4.74 Å². The lowest BCUT2D eigenvalue weighted by Crippen LogP contribution is -2.38. The van der Waals surface area contributed by atoms with Crippen LogP contribution >= 0.6 is 0 Å². The summed E-state index contributed by atoms with van der Waals surface area (Å²) in [5.74, 6) is 0. The molecule has 1 N–H and O–H groups in total. The first-order valence-electron chi connectivity index (χ1n) is 6.24. The fourth-order valence-corrected chi connectivity index (χ4v) is 2.95. The lowest BCUT2D eigenvalue weighted by atomic mass is 9.84. The topological polar surface area (TPSA) is 24.5 Å². The number of hydrogen-bond donors (Lipinski definition) is 1. The summed E-state index contributed by atoms with van der Waals surface area (Å²) >= 11 is 0. The Morgan fingerprint density at radius 3 is 2.93 bits per heavy atom. The smallest absolute Gasteiger partial charge is 0.0710 e. The SMILES string of the molecule is CCC1(CN2CCC(OC)C2)CCNC1. The van der Waals surface area contributed by atoms with Crippen LogP contribution in [0, 0.1) is 5.41 Å². The second-order valence-electron chi connectivity index (χ2n) is 5.16. The molecule has 15 heavy (non-hydrogen) atoms. The van der Waals surface area contributed by atoms with E-state index in [1.54, 1.807) is 0 Å². The van der Waals surface area contributed by atoms with Crippen LogP contribution in [0.4, 0.5) is 0 Å². The van der Waals surface area contributed by atoms with Crippen LogP contribution in [0.5, 0.6) is 0 Å². The van der Waals surface area contributed by atoms with E-state index in [-0.39, 0.29) is 0 Å². The number of likely N-dealkylation sites (tertiary alicyclic amines) is 1. The van der Waals surface area contributed by atoms with Gasteiger partial charge >= 0.3 is 0 Å². The number of rotatable bonds is 4. The van der Waals surface area contributed by atoms with Gasteiger partial charge in [-0.3, -0.25) is 0 Å². The van der Waals surface area contributed by atoms with Gasteiger partial charge in [-0.25, -0.2) is 0 Å².